The summed E-state index contributed by atoms with van der Waals surface area (Å²) < 4.78 is 0.612. The molecule has 2 rings (SSSR count). The Morgan fingerprint density at radius 1 is 1.44 bits per heavy atom. The molecule has 0 spiro atoms. The van der Waals surface area contributed by atoms with E-state index in [2.05, 4.69) is 22.5 Å². The summed E-state index contributed by atoms with van der Waals surface area (Å²) >= 11 is 9.15. The third kappa shape index (κ3) is 1.68. The number of ketones is 1. The fourth-order valence-corrected chi connectivity index (χ4v) is 2.16. The highest BCUT2D eigenvalue weighted by atomic mass is 79.9. The minimum Gasteiger partial charge on any atom is -0.298 e. The van der Waals surface area contributed by atoms with Gasteiger partial charge in [0.25, 0.3) is 11.7 Å². The predicted molar refractivity (Wildman–Crippen MR) is 66.2 cm³/mol. The molecule has 82 valence electrons. The van der Waals surface area contributed by atoms with E-state index in [9.17, 15) is 9.59 Å². The molecule has 0 saturated carbocycles. The molecule has 0 aliphatic carbocycles. The summed E-state index contributed by atoms with van der Waals surface area (Å²) in [5, 5.41) is 0.394. The van der Waals surface area contributed by atoms with Crippen molar-refractivity contribution in [1.82, 2.24) is 0 Å². The van der Waals surface area contributed by atoms with Crippen LogP contribution in [-0.4, -0.2) is 18.2 Å². The number of hydrogen-bond donors (Lipinski definition) is 0. The number of nitrogens with zero attached hydrogens (tertiary/aromatic N) is 1. The van der Waals surface area contributed by atoms with Crippen LogP contribution in [0.25, 0.3) is 0 Å². The average Bonchev–Trinajstić information content (AvgIpc) is 2.45. The van der Waals surface area contributed by atoms with Crippen molar-refractivity contribution in [3.05, 3.63) is 39.8 Å². The van der Waals surface area contributed by atoms with Crippen LogP contribution in [0.3, 0.4) is 0 Å². The number of hydrogen-bond acceptors (Lipinski definition) is 2. The van der Waals surface area contributed by atoms with Crippen LogP contribution in [0, 0.1) is 0 Å². The van der Waals surface area contributed by atoms with Crippen molar-refractivity contribution in [3.63, 3.8) is 0 Å². The third-order valence-corrected chi connectivity index (χ3v) is 2.83. The molecule has 1 aromatic rings. The largest absolute Gasteiger partial charge is 0.299 e. The smallest absolute Gasteiger partial charge is 0.298 e. The van der Waals surface area contributed by atoms with Gasteiger partial charge in [0.1, 0.15) is 0 Å². The lowest BCUT2D eigenvalue weighted by Gasteiger charge is -2.16. The van der Waals surface area contributed by atoms with Gasteiger partial charge < -0.3 is 0 Å². The molecule has 1 amide bonds. The maximum Gasteiger partial charge on any atom is 0.299 e. The summed E-state index contributed by atoms with van der Waals surface area (Å²) in [6.45, 7) is 3.89. The maximum atomic E-state index is 11.7. The molecule has 3 nitrogen and oxygen atoms in total. The number of rotatable bonds is 2. The zero-order valence-electron chi connectivity index (χ0n) is 8.17. The number of anilines is 1. The van der Waals surface area contributed by atoms with Gasteiger partial charge in [-0.3, -0.25) is 14.5 Å². The summed E-state index contributed by atoms with van der Waals surface area (Å²) in [4.78, 5) is 24.7. The number of para-hydroxylation sites is 1. The monoisotopic (exact) mass is 299 g/mol. The predicted octanol–water partition coefficient (Wildman–Crippen LogP) is 2.78. The highest BCUT2D eigenvalue weighted by Gasteiger charge is 2.37. The number of benzene rings is 1. The summed E-state index contributed by atoms with van der Waals surface area (Å²) in [5.41, 5.74) is 0.825. The van der Waals surface area contributed by atoms with Gasteiger partial charge in [-0.05, 0) is 12.1 Å². The van der Waals surface area contributed by atoms with Crippen LogP contribution < -0.4 is 4.90 Å². The van der Waals surface area contributed by atoms with Gasteiger partial charge in [0.15, 0.2) is 0 Å². The quantitative estimate of drug-likeness (QED) is 0.788. The molecule has 0 unspecified atom stereocenters. The molecular weight excluding hydrogens is 293 g/mol. The van der Waals surface area contributed by atoms with E-state index in [1.54, 1.807) is 18.2 Å². The number of carbonyl (C=O) groups is 2. The van der Waals surface area contributed by atoms with Crippen LogP contribution >= 0.6 is 27.5 Å². The number of carbonyl (C=O) groups excluding carboxylic acids is 2. The SMILES string of the molecule is C=C(Br)CN1C(=O)C(=O)c2cccc(Cl)c21. The van der Waals surface area contributed by atoms with Gasteiger partial charge >= 0.3 is 0 Å². The lowest BCUT2D eigenvalue weighted by atomic mass is 10.1. The van der Waals surface area contributed by atoms with Crippen LogP contribution in [0.1, 0.15) is 10.4 Å². The van der Waals surface area contributed by atoms with E-state index in [-0.39, 0.29) is 6.54 Å². The second-order valence-corrected chi connectivity index (χ2v) is 4.90. The minimum atomic E-state index is -0.566. The second kappa shape index (κ2) is 4.03. The van der Waals surface area contributed by atoms with Crippen LogP contribution in [0.4, 0.5) is 5.69 Å². The van der Waals surface area contributed by atoms with Crippen molar-refractivity contribution >= 4 is 44.9 Å². The van der Waals surface area contributed by atoms with Gasteiger partial charge in [-0.25, -0.2) is 0 Å². The first kappa shape index (κ1) is 11.4. The third-order valence-electron chi connectivity index (χ3n) is 2.27. The Balaban J connectivity index is 2.56. The van der Waals surface area contributed by atoms with Gasteiger partial charge in [0.2, 0.25) is 0 Å². The first-order valence-corrected chi connectivity index (χ1v) is 5.67. The summed E-state index contributed by atoms with van der Waals surface area (Å²) in [6.07, 6.45) is 0. The van der Waals surface area contributed by atoms with E-state index < -0.39 is 11.7 Å². The fraction of sp³-hybridized carbons (Fsp3) is 0.0909. The molecule has 16 heavy (non-hydrogen) atoms. The Morgan fingerprint density at radius 3 is 2.75 bits per heavy atom. The van der Waals surface area contributed by atoms with Crippen LogP contribution in [0.2, 0.25) is 5.02 Å². The molecule has 0 atom stereocenters. The molecule has 0 bridgehead atoms. The van der Waals surface area contributed by atoms with E-state index in [0.717, 1.165) is 0 Å². The molecule has 0 aromatic heterocycles. The van der Waals surface area contributed by atoms with Gasteiger partial charge in [0, 0.05) is 4.48 Å². The van der Waals surface area contributed by atoms with E-state index in [1.807, 2.05) is 0 Å². The minimum absolute atomic E-state index is 0.237. The van der Waals surface area contributed by atoms with E-state index in [1.165, 1.54) is 4.90 Å². The van der Waals surface area contributed by atoms with Gasteiger partial charge in [-0.2, -0.15) is 0 Å². The Labute approximate surface area is 106 Å². The highest BCUT2D eigenvalue weighted by Crippen LogP contribution is 2.36. The normalized spacial score (nSPS) is 14.2. The van der Waals surface area contributed by atoms with Crippen molar-refractivity contribution in [2.75, 3.05) is 11.4 Å². The second-order valence-electron chi connectivity index (χ2n) is 3.37. The highest BCUT2D eigenvalue weighted by molar-refractivity contribution is 9.11. The standard InChI is InChI=1S/C11H7BrClNO2/c1-6(12)5-14-9-7(10(15)11(14)16)3-2-4-8(9)13/h2-4H,1,5H2. The number of Topliss-reactive ketones (excluding diaryl/α,β-unsaturated/α-hetero) is 1. The van der Waals surface area contributed by atoms with Crippen molar-refractivity contribution in [2.24, 2.45) is 0 Å². The zero-order chi connectivity index (χ0) is 11.9. The van der Waals surface area contributed by atoms with Crippen molar-refractivity contribution in [2.45, 2.75) is 0 Å². The zero-order valence-corrected chi connectivity index (χ0v) is 10.5. The van der Waals surface area contributed by atoms with E-state index in [4.69, 9.17) is 11.6 Å². The molecule has 0 N–H and O–H groups in total. The lowest BCUT2D eigenvalue weighted by molar-refractivity contribution is -0.114. The number of fused-ring (bicyclic) bond motifs is 1. The maximum absolute atomic E-state index is 11.7. The van der Waals surface area contributed by atoms with Crippen LogP contribution in [-0.2, 0) is 4.79 Å². The number of halogens is 2. The molecule has 0 radical (unpaired) electrons. The van der Waals surface area contributed by atoms with Gasteiger partial charge in [0.05, 0.1) is 22.8 Å². The molecular formula is C11H7BrClNO2. The fourth-order valence-electron chi connectivity index (χ4n) is 1.63. The Morgan fingerprint density at radius 2 is 2.12 bits per heavy atom. The first-order chi connectivity index (χ1) is 7.52. The van der Waals surface area contributed by atoms with Gasteiger partial charge in [-0.15, -0.1) is 0 Å². The molecule has 0 saturated heterocycles. The van der Waals surface area contributed by atoms with E-state index in [0.29, 0.717) is 20.8 Å². The molecule has 1 heterocycles. The molecule has 1 aromatic carbocycles. The van der Waals surface area contributed by atoms with Crippen molar-refractivity contribution in [3.8, 4) is 0 Å². The topological polar surface area (TPSA) is 37.4 Å². The summed E-state index contributed by atoms with van der Waals surface area (Å²) in [6, 6.07) is 4.90. The number of amides is 1. The molecule has 0 fully saturated rings. The van der Waals surface area contributed by atoms with E-state index >= 15 is 0 Å². The first-order valence-electron chi connectivity index (χ1n) is 4.50. The Hall–Kier alpha value is -1.13. The van der Waals surface area contributed by atoms with Crippen molar-refractivity contribution < 1.29 is 9.59 Å². The molecule has 1 aliphatic rings. The molecule has 5 heteroatoms. The molecule has 1 aliphatic heterocycles. The Kier molecular flexibility index (Phi) is 2.86. The lowest BCUT2D eigenvalue weighted by Crippen LogP contribution is -2.30. The van der Waals surface area contributed by atoms with Crippen molar-refractivity contribution in [1.29, 1.82) is 0 Å². The average molecular weight is 301 g/mol. The summed E-state index contributed by atoms with van der Waals surface area (Å²) in [5.74, 6) is -1.09. The van der Waals surface area contributed by atoms with Crippen LogP contribution in [0.15, 0.2) is 29.3 Å². The summed E-state index contributed by atoms with van der Waals surface area (Å²) in [7, 11) is 0. The van der Waals surface area contributed by atoms with Gasteiger partial charge in [-0.1, -0.05) is 40.2 Å². The van der Waals surface area contributed by atoms with Crippen LogP contribution in [0.5, 0.6) is 0 Å². The Bertz CT molecular complexity index is 513.